The van der Waals surface area contributed by atoms with Gasteiger partial charge in [0.25, 0.3) is 0 Å². The number of hydrogen-bond acceptors (Lipinski definition) is 3. The fourth-order valence-electron chi connectivity index (χ4n) is 0.959. The molecule has 0 saturated heterocycles. The second kappa shape index (κ2) is 4.97. The molecule has 0 aliphatic rings. The van der Waals surface area contributed by atoms with Crippen LogP contribution in [0.15, 0.2) is 23.1 Å². The number of halogens is 1. The van der Waals surface area contributed by atoms with Crippen LogP contribution >= 0.6 is 22.6 Å². The van der Waals surface area contributed by atoms with Gasteiger partial charge >= 0.3 is 6.03 Å². The number of hydrogen-bond donors (Lipinski definition) is 3. The van der Waals surface area contributed by atoms with E-state index in [1.54, 1.807) is 0 Å². The zero-order chi connectivity index (χ0) is 12.3. The third kappa shape index (κ3) is 3.32. The van der Waals surface area contributed by atoms with Crippen LogP contribution in [0, 0.1) is 3.57 Å². The smallest absolute Gasteiger partial charge is 0.319 e. The average Bonchev–Trinajstić information content (AvgIpc) is 2.19. The van der Waals surface area contributed by atoms with E-state index in [0.717, 1.165) is 0 Å². The van der Waals surface area contributed by atoms with Crippen molar-refractivity contribution in [1.29, 1.82) is 0 Å². The Morgan fingerprint density at radius 3 is 2.50 bits per heavy atom. The van der Waals surface area contributed by atoms with E-state index >= 15 is 0 Å². The maximum absolute atomic E-state index is 11.0. The fourth-order valence-corrected chi connectivity index (χ4v) is 2.36. The highest BCUT2D eigenvalue weighted by molar-refractivity contribution is 14.1. The number of carbonyl (C=O) groups is 1. The van der Waals surface area contributed by atoms with Crippen LogP contribution in [-0.4, -0.2) is 21.5 Å². The van der Waals surface area contributed by atoms with E-state index in [4.69, 9.17) is 5.14 Å². The number of primary sulfonamides is 1. The average molecular weight is 355 g/mol. The molecule has 0 bridgehead atoms. The van der Waals surface area contributed by atoms with Gasteiger partial charge in [0.05, 0.1) is 10.6 Å². The summed E-state index contributed by atoms with van der Waals surface area (Å²) in [5.74, 6) is 0. The first kappa shape index (κ1) is 13.2. The molecule has 0 fully saturated rings. The molecular weight excluding hydrogens is 345 g/mol. The van der Waals surface area contributed by atoms with Gasteiger partial charge in [0.2, 0.25) is 10.0 Å². The maximum Gasteiger partial charge on any atom is 0.319 e. The van der Waals surface area contributed by atoms with Crippen LogP contribution in [0.4, 0.5) is 10.5 Å². The number of carbonyl (C=O) groups excluding carboxylic acids is 1. The van der Waals surface area contributed by atoms with E-state index in [0.29, 0.717) is 9.26 Å². The van der Waals surface area contributed by atoms with Gasteiger partial charge in [-0.1, -0.05) is 0 Å². The monoisotopic (exact) mass is 355 g/mol. The lowest BCUT2D eigenvalue weighted by molar-refractivity contribution is 0.254. The number of anilines is 1. The van der Waals surface area contributed by atoms with Gasteiger partial charge in [0.15, 0.2) is 0 Å². The lowest BCUT2D eigenvalue weighted by atomic mass is 10.3. The molecule has 2 amide bonds. The van der Waals surface area contributed by atoms with E-state index in [-0.39, 0.29) is 10.9 Å². The molecule has 1 rings (SSSR count). The highest BCUT2D eigenvalue weighted by Gasteiger charge is 2.11. The summed E-state index contributed by atoms with van der Waals surface area (Å²) in [6.45, 7) is 0. The van der Waals surface area contributed by atoms with Crippen molar-refractivity contribution in [1.82, 2.24) is 5.32 Å². The van der Waals surface area contributed by atoms with Crippen molar-refractivity contribution < 1.29 is 13.2 Å². The molecule has 6 nitrogen and oxygen atoms in total. The Bertz CT molecular complexity index is 515. The third-order valence-electron chi connectivity index (χ3n) is 1.74. The van der Waals surface area contributed by atoms with Crippen molar-refractivity contribution in [3.63, 3.8) is 0 Å². The van der Waals surface area contributed by atoms with Crippen LogP contribution in [0.5, 0.6) is 0 Å². The lowest BCUT2D eigenvalue weighted by Crippen LogP contribution is -2.25. The predicted octanol–water partition coefficient (Wildman–Crippen LogP) is 0.690. The Balaban J connectivity index is 3.06. The van der Waals surface area contributed by atoms with Crippen LogP contribution in [0.3, 0.4) is 0 Å². The minimum atomic E-state index is -3.71. The number of rotatable bonds is 2. The maximum atomic E-state index is 11.0. The third-order valence-corrected chi connectivity index (χ3v) is 3.55. The number of benzene rings is 1. The van der Waals surface area contributed by atoms with Crippen LogP contribution in [0.25, 0.3) is 0 Å². The van der Waals surface area contributed by atoms with Crippen LogP contribution < -0.4 is 15.8 Å². The quantitative estimate of drug-likeness (QED) is 0.681. The van der Waals surface area contributed by atoms with E-state index in [1.807, 2.05) is 22.6 Å². The molecular formula is C8H10IN3O3S. The SMILES string of the molecule is CNC(=O)Nc1ccc(S(N)(=O)=O)cc1I. The van der Waals surface area contributed by atoms with Crippen molar-refractivity contribution in [2.24, 2.45) is 5.14 Å². The van der Waals surface area contributed by atoms with Crippen molar-refractivity contribution in [2.75, 3.05) is 12.4 Å². The molecule has 0 aliphatic carbocycles. The standard InChI is InChI=1S/C8H10IN3O3S/c1-11-8(13)12-7-3-2-5(4-6(7)9)16(10,14)15/h2-4H,1H3,(H2,10,14,15)(H2,11,12,13). The summed E-state index contributed by atoms with van der Waals surface area (Å²) in [5, 5.41) is 9.91. The van der Waals surface area contributed by atoms with Crippen molar-refractivity contribution in [2.45, 2.75) is 4.90 Å². The number of urea groups is 1. The Labute approximate surface area is 107 Å². The molecule has 0 unspecified atom stereocenters. The molecule has 8 heteroatoms. The fraction of sp³-hybridized carbons (Fsp3) is 0.125. The van der Waals surface area contributed by atoms with Crippen LogP contribution in [0.2, 0.25) is 0 Å². The Kier molecular flexibility index (Phi) is 4.10. The van der Waals surface area contributed by atoms with Crippen LogP contribution in [-0.2, 0) is 10.0 Å². The summed E-state index contributed by atoms with van der Waals surface area (Å²) in [6.07, 6.45) is 0. The Morgan fingerprint density at radius 1 is 1.44 bits per heavy atom. The van der Waals surface area contributed by atoms with Crippen LogP contribution in [0.1, 0.15) is 0 Å². The highest BCUT2D eigenvalue weighted by Crippen LogP contribution is 2.21. The van der Waals surface area contributed by atoms with E-state index < -0.39 is 10.0 Å². The summed E-state index contributed by atoms with van der Waals surface area (Å²) in [6, 6.07) is 3.84. The Morgan fingerprint density at radius 2 is 2.06 bits per heavy atom. The van der Waals surface area contributed by atoms with Crippen molar-refractivity contribution >= 4 is 44.3 Å². The zero-order valence-corrected chi connectivity index (χ0v) is 11.3. The molecule has 0 heterocycles. The minimum absolute atomic E-state index is 0.0133. The van der Waals surface area contributed by atoms with Crippen molar-refractivity contribution in [3.8, 4) is 0 Å². The molecule has 88 valence electrons. The second-order valence-corrected chi connectivity index (χ2v) is 5.61. The van der Waals surface area contributed by atoms with E-state index in [1.165, 1.54) is 25.2 Å². The topological polar surface area (TPSA) is 101 Å². The molecule has 0 atom stereocenters. The molecule has 1 aromatic rings. The summed E-state index contributed by atoms with van der Waals surface area (Å²) in [7, 11) is -2.22. The predicted molar refractivity (Wildman–Crippen MR) is 68.6 cm³/mol. The largest absolute Gasteiger partial charge is 0.341 e. The summed E-state index contributed by atoms with van der Waals surface area (Å²) in [5.41, 5.74) is 0.521. The molecule has 1 aromatic carbocycles. The summed E-state index contributed by atoms with van der Waals surface area (Å²) >= 11 is 1.91. The van der Waals surface area contributed by atoms with Crippen molar-refractivity contribution in [3.05, 3.63) is 21.8 Å². The highest BCUT2D eigenvalue weighted by atomic mass is 127. The molecule has 0 saturated carbocycles. The van der Waals surface area contributed by atoms with Gasteiger partial charge in [-0.05, 0) is 40.8 Å². The number of sulfonamides is 1. The molecule has 16 heavy (non-hydrogen) atoms. The number of nitrogens with one attached hydrogen (secondary N) is 2. The first-order valence-electron chi connectivity index (χ1n) is 4.15. The Hall–Kier alpha value is -0.870. The number of nitrogens with two attached hydrogens (primary N) is 1. The lowest BCUT2D eigenvalue weighted by Gasteiger charge is -2.07. The first-order valence-corrected chi connectivity index (χ1v) is 6.78. The summed E-state index contributed by atoms with van der Waals surface area (Å²) < 4.78 is 22.7. The van der Waals surface area contributed by atoms with Gasteiger partial charge in [0.1, 0.15) is 0 Å². The first-order chi connectivity index (χ1) is 7.34. The second-order valence-electron chi connectivity index (χ2n) is 2.89. The van der Waals surface area contributed by atoms with Gasteiger partial charge in [-0.2, -0.15) is 0 Å². The molecule has 4 N–H and O–H groups in total. The van der Waals surface area contributed by atoms with Gasteiger partial charge in [-0.25, -0.2) is 18.4 Å². The van der Waals surface area contributed by atoms with E-state index in [9.17, 15) is 13.2 Å². The van der Waals surface area contributed by atoms with Gasteiger partial charge < -0.3 is 10.6 Å². The minimum Gasteiger partial charge on any atom is -0.341 e. The molecule has 0 spiro atoms. The van der Waals surface area contributed by atoms with Gasteiger partial charge in [-0.15, -0.1) is 0 Å². The summed E-state index contributed by atoms with van der Waals surface area (Å²) in [4.78, 5) is 11.1. The van der Waals surface area contributed by atoms with E-state index in [2.05, 4.69) is 10.6 Å². The van der Waals surface area contributed by atoms with Gasteiger partial charge in [-0.3, -0.25) is 0 Å². The zero-order valence-electron chi connectivity index (χ0n) is 8.32. The molecule has 0 radical (unpaired) electrons. The normalized spacial score (nSPS) is 10.9. The molecule has 0 aromatic heterocycles. The van der Waals surface area contributed by atoms with Gasteiger partial charge in [0, 0.05) is 10.6 Å². The number of amides is 2. The molecule has 0 aliphatic heterocycles.